The Balaban J connectivity index is 4.78. The van der Waals surface area contributed by atoms with Gasteiger partial charge in [-0.05, 0) is 20.8 Å². The second kappa shape index (κ2) is 4.19. The maximum atomic E-state index is 12.1. The van der Waals surface area contributed by atoms with Gasteiger partial charge in [0.25, 0.3) is 6.43 Å². The molecule has 0 aromatic heterocycles. The van der Waals surface area contributed by atoms with Gasteiger partial charge in [0.2, 0.25) is 10.0 Å². The molecule has 4 nitrogen and oxygen atoms in total. The number of rotatable bonds is 3. The molecule has 0 bridgehead atoms. The summed E-state index contributed by atoms with van der Waals surface area (Å²) in [5, 5.41) is 8.27. The minimum Gasteiger partial charge on any atom is -0.212 e. The van der Waals surface area contributed by atoms with Crippen molar-refractivity contribution in [1.82, 2.24) is 4.72 Å². The monoisotopic (exact) mass is 226 g/mol. The molecular weight excluding hydrogens is 214 g/mol. The molecule has 0 aromatic carbocycles. The number of nitrogens with zero attached hydrogens (tertiary/aromatic N) is 1. The van der Waals surface area contributed by atoms with Crippen LogP contribution in [0.25, 0.3) is 0 Å². The smallest absolute Gasteiger partial charge is 0.212 e. The maximum Gasteiger partial charge on any atom is 0.267 e. The van der Waals surface area contributed by atoms with Crippen LogP contribution in [-0.4, -0.2) is 25.6 Å². The number of hydrogen-bond acceptors (Lipinski definition) is 3. The molecule has 0 heterocycles. The Bertz CT molecular complexity index is 327. The molecule has 7 heteroatoms. The number of alkyl halides is 2. The van der Waals surface area contributed by atoms with E-state index in [1.165, 1.54) is 26.8 Å². The van der Waals surface area contributed by atoms with E-state index in [1.807, 2.05) is 0 Å². The molecule has 0 aliphatic rings. The van der Waals surface area contributed by atoms with Gasteiger partial charge < -0.3 is 0 Å². The molecule has 0 aliphatic carbocycles. The van der Waals surface area contributed by atoms with Gasteiger partial charge in [-0.1, -0.05) is 0 Å². The topological polar surface area (TPSA) is 70.0 Å². The lowest BCUT2D eigenvalue weighted by Crippen LogP contribution is -2.46. The molecule has 0 saturated heterocycles. The Morgan fingerprint density at radius 3 is 2.00 bits per heavy atom. The van der Waals surface area contributed by atoms with Crippen molar-refractivity contribution in [2.45, 2.75) is 38.0 Å². The van der Waals surface area contributed by atoms with E-state index in [9.17, 15) is 17.2 Å². The second-order valence-electron chi connectivity index (χ2n) is 3.67. The van der Waals surface area contributed by atoms with Gasteiger partial charge in [-0.15, -0.1) is 0 Å². The first-order valence-electron chi connectivity index (χ1n) is 3.81. The Hall–Kier alpha value is -0.740. The second-order valence-corrected chi connectivity index (χ2v) is 6.14. The van der Waals surface area contributed by atoms with Gasteiger partial charge in [0, 0.05) is 0 Å². The molecular formula is C7H12F2N2O2S. The molecule has 0 saturated carbocycles. The number of halogens is 2. The zero-order valence-corrected chi connectivity index (χ0v) is 8.90. The normalized spacial score (nSPS) is 15.2. The molecule has 1 N–H and O–H groups in total. The fraction of sp³-hybridized carbons (Fsp3) is 0.857. The van der Waals surface area contributed by atoms with Crippen LogP contribution in [0, 0.1) is 11.3 Å². The predicted octanol–water partition coefficient (Wildman–Crippen LogP) is 0.862. The quantitative estimate of drug-likeness (QED) is 0.776. The van der Waals surface area contributed by atoms with E-state index < -0.39 is 27.2 Å². The summed E-state index contributed by atoms with van der Waals surface area (Å²) in [5.41, 5.74) is 0. The van der Waals surface area contributed by atoms with Crippen LogP contribution in [-0.2, 0) is 10.0 Å². The molecule has 0 radical (unpaired) electrons. The van der Waals surface area contributed by atoms with Gasteiger partial charge >= 0.3 is 0 Å². The van der Waals surface area contributed by atoms with Crippen LogP contribution in [0.3, 0.4) is 0 Å². The third kappa shape index (κ3) is 3.20. The van der Waals surface area contributed by atoms with Crippen LogP contribution < -0.4 is 4.72 Å². The summed E-state index contributed by atoms with van der Waals surface area (Å²) in [7, 11) is -3.91. The van der Waals surface area contributed by atoms with Crippen LogP contribution in [0.15, 0.2) is 0 Å². The Morgan fingerprint density at radius 2 is 1.79 bits per heavy atom. The van der Waals surface area contributed by atoms with E-state index in [0.717, 1.165) is 0 Å². The van der Waals surface area contributed by atoms with E-state index in [1.54, 1.807) is 4.72 Å². The Morgan fingerprint density at radius 1 is 1.36 bits per heavy atom. The zero-order valence-electron chi connectivity index (χ0n) is 8.08. The van der Waals surface area contributed by atoms with Crippen LogP contribution in [0.4, 0.5) is 8.78 Å². The van der Waals surface area contributed by atoms with E-state index >= 15 is 0 Å². The van der Waals surface area contributed by atoms with Crippen molar-refractivity contribution in [1.29, 1.82) is 5.26 Å². The summed E-state index contributed by atoms with van der Waals surface area (Å²) >= 11 is 0. The highest BCUT2D eigenvalue weighted by atomic mass is 32.2. The van der Waals surface area contributed by atoms with Crippen LogP contribution in [0.5, 0.6) is 0 Å². The summed E-state index contributed by atoms with van der Waals surface area (Å²) in [6.45, 7) is 4.07. The highest BCUT2D eigenvalue weighted by molar-refractivity contribution is 7.90. The minimum atomic E-state index is -3.91. The highest BCUT2D eigenvalue weighted by Gasteiger charge is 2.34. The van der Waals surface area contributed by atoms with E-state index in [-0.39, 0.29) is 0 Å². The van der Waals surface area contributed by atoms with Crippen molar-refractivity contribution in [2.75, 3.05) is 0 Å². The van der Waals surface area contributed by atoms with Crippen LogP contribution in [0.1, 0.15) is 20.8 Å². The molecule has 0 amide bonds. The van der Waals surface area contributed by atoms with E-state index in [2.05, 4.69) is 0 Å². The Kier molecular flexibility index (Phi) is 3.97. The van der Waals surface area contributed by atoms with Crippen molar-refractivity contribution in [3.63, 3.8) is 0 Å². The van der Waals surface area contributed by atoms with Crippen LogP contribution >= 0.6 is 0 Å². The molecule has 14 heavy (non-hydrogen) atoms. The zero-order chi connectivity index (χ0) is 11.6. The first-order chi connectivity index (χ1) is 6.12. The molecule has 0 aromatic rings. The third-order valence-electron chi connectivity index (χ3n) is 1.48. The molecule has 82 valence electrons. The molecule has 1 atom stereocenters. The molecule has 0 fully saturated rings. The van der Waals surface area contributed by atoms with Crippen molar-refractivity contribution >= 4 is 10.0 Å². The van der Waals surface area contributed by atoms with Crippen molar-refractivity contribution in [3.8, 4) is 6.07 Å². The van der Waals surface area contributed by atoms with E-state index in [0.29, 0.717) is 0 Å². The van der Waals surface area contributed by atoms with Gasteiger partial charge in [0.15, 0.2) is 6.04 Å². The van der Waals surface area contributed by atoms with Gasteiger partial charge in [-0.2, -0.15) is 9.98 Å². The summed E-state index contributed by atoms with van der Waals surface area (Å²) in [5.74, 6) is 0. The van der Waals surface area contributed by atoms with Crippen molar-refractivity contribution in [2.24, 2.45) is 0 Å². The average Bonchev–Trinajstić information content (AvgIpc) is 1.97. The fourth-order valence-corrected chi connectivity index (χ4v) is 1.32. The van der Waals surface area contributed by atoms with Crippen molar-refractivity contribution in [3.05, 3.63) is 0 Å². The fourth-order valence-electron chi connectivity index (χ4n) is 0.478. The third-order valence-corrected chi connectivity index (χ3v) is 3.66. The first kappa shape index (κ1) is 13.3. The largest absolute Gasteiger partial charge is 0.267 e. The number of nitrogens with one attached hydrogen (secondary N) is 1. The van der Waals surface area contributed by atoms with Crippen molar-refractivity contribution < 1.29 is 17.2 Å². The van der Waals surface area contributed by atoms with Gasteiger partial charge in [0.05, 0.1) is 10.8 Å². The summed E-state index contributed by atoms with van der Waals surface area (Å²) in [6.07, 6.45) is -3.03. The van der Waals surface area contributed by atoms with E-state index in [4.69, 9.17) is 5.26 Å². The summed E-state index contributed by atoms with van der Waals surface area (Å²) in [6, 6.07) is -0.797. The molecule has 0 aliphatic heterocycles. The molecule has 0 spiro atoms. The minimum absolute atomic E-state index is 1.19. The van der Waals surface area contributed by atoms with Crippen LogP contribution in [0.2, 0.25) is 0 Å². The first-order valence-corrected chi connectivity index (χ1v) is 5.30. The Labute approximate surface area is 82.0 Å². The average molecular weight is 226 g/mol. The summed E-state index contributed by atoms with van der Waals surface area (Å²) < 4.78 is 47.2. The standard InChI is InChI=1S/C7H12F2N2O2S/c1-7(2,3)14(12,13)11-5(4-10)6(8)9/h5-6,11H,1-3H3/t5-/m0/s1. The lowest BCUT2D eigenvalue weighted by atomic mass is 10.3. The van der Waals surface area contributed by atoms with Gasteiger partial charge in [-0.3, -0.25) is 0 Å². The summed E-state index contributed by atoms with van der Waals surface area (Å²) in [4.78, 5) is 0. The number of sulfonamides is 1. The van der Waals surface area contributed by atoms with Gasteiger partial charge in [0.1, 0.15) is 0 Å². The molecule has 0 unspecified atom stereocenters. The maximum absolute atomic E-state index is 12.1. The lowest BCUT2D eigenvalue weighted by Gasteiger charge is -2.21. The number of nitriles is 1. The predicted molar refractivity (Wildman–Crippen MR) is 47.2 cm³/mol. The number of hydrogen-bond donors (Lipinski definition) is 1. The lowest BCUT2D eigenvalue weighted by molar-refractivity contribution is 0.129. The molecule has 0 rings (SSSR count). The SMILES string of the molecule is CC(C)(C)S(=O)(=O)N[C@@H](C#N)C(F)F. The highest BCUT2D eigenvalue weighted by Crippen LogP contribution is 2.15. The van der Waals surface area contributed by atoms with Gasteiger partial charge in [-0.25, -0.2) is 17.2 Å².